The van der Waals surface area contributed by atoms with Gasteiger partial charge < -0.3 is 20.1 Å². The first-order chi connectivity index (χ1) is 12.0. The van der Waals surface area contributed by atoms with Crippen LogP contribution in [0.15, 0.2) is 24.3 Å². The zero-order valence-corrected chi connectivity index (χ0v) is 15.1. The van der Waals surface area contributed by atoms with Crippen molar-refractivity contribution in [1.29, 1.82) is 0 Å². The lowest BCUT2D eigenvalue weighted by Crippen LogP contribution is -2.40. The highest BCUT2D eigenvalue weighted by Crippen LogP contribution is 2.18. The number of carbonyl (C=O) groups is 2. The molecule has 0 aliphatic carbocycles. The van der Waals surface area contributed by atoms with Crippen LogP contribution in [0.3, 0.4) is 0 Å². The number of nitrogens with zero attached hydrogens (tertiary/aromatic N) is 1. The number of likely N-dealkylation sites (tertiary alicyclic amines) is 1. The number of carbonyl (C=O) groups excluding carboxylic acids is 2. The van der Waals surface area contributed by atoms with Gasteiger partial charge in [-0.2, -0.15) is 0 Å². The van der Waals surface area contributed by atoms with E-state index in [-0.39, 0.29) is 18.7 Å². The van der Waals surface area contributed by atoms with E-state index in [2.05, 4.69) is 29.4 Å². The molecule has 1 heterocycles. The van der Waals surface area contributed by atoms with Crippen LogP contribution in [0, 0.1) is 0 Å². The third kappa shape index (κ3) is 6.26. The quantitative estimate of drug-likeness (QED) is 0.738. The number of urea groups is 1. The zero-order chi connectivity index (χ0) is 18.2. The maximum absolute atomic E-state index is 12.2. The van der Waals surface area contributed by atoms with Crippen molar-refractivity contribution < 1.29 is 19.1 Å². The largest absolute Gasteiger partial charge is 0.482 e. The summed E-state index contributed by atoms with van der Waals surface area (Å²) in [6, 6.07) is 7.33. The zero-order valence-electron chi connectivity index (χ0n) is 15.1. The maximum Gasteiger partial charge on any atom is 0.344 e. The van der Waals surface area contributed by atoms with Crippen molar-refractivity contribution in [1.82, 2.24) is 10.2 Å². The van der Waals surface area contributed by atoms with E-state index in [1.807, 2.05) is 0 Å². The third-order valence-electron chi connectivity index (χ3n) is 4.04. The molecule has 25 heavy (non-hydrogen) atoms. The van der Waals surface area contributed by atoms with Crippen molar-refractivity contribution in [3.8, 4) is 5.75 Å². The molecule has 1 saturated heterocycles. The van der Waals surface area contributed by atoms with Gasteiger partial charge in [0.1, 0.15) is 5.75 Å². The Hall–Kier alpha value is -2.28. The number of hydrogen-bond acceptors (Lipinski definition) is 5. The van der Waals surface area contributed by atoms with Crippen molar-refractivity contribution >= 4 is 17.7 Å². The SMILES string of the molecule is CCOC(=O)COc1cccc(NC(=O)NC2CCN(C(C)C)C2)c1. The predicted octanol–water partition coefficient (Wildman–Crippen LogP) is 2.23. The normalized spacial score (nSPS) is 17.4. The number of hydrogen-bond donors (Lipinski definition) is 2. The summed E-state index contributed by atoms with van der Waals surface area (Å²) in [6.45, 7) is 8.09. The highest BCUT2D eigenvalue weighted by molar-refractivity contribution is 5.89. The van der Waals surface area contributed by atoms with Crippen LogP contribution in [0.25, 0.3) is 0 Å². The Morgan fingerprint density at radius 3 is 2.84 bits per heavy atom. The Morgan fingerprint density at radius 2 is 2.16 bits per heavy atom. The number of benzene rings is 1. The predicted molar refractivity (Wildman–Crippen MR) is 95.8 cm³/mol. The van der Waals surface area contributed by atoms with Crippen molar-refractivity contribution in [2.75, 3.05) is 31.6 Å². The molecular weight excluding hydrogens is 322 g/mol. The fourth-order valence-corrected chi connectivity index (χ4v) is 2.74. The fourth-order valence-electron chi connectivity index (χ4n) is 2.74. The second kappa shape index (κ2) is 9.27. The van der Waals surface area contributed by atoms with Crippen molar-refractivity contribution in [2.45, 2.75) is 39.3 Å². The Bertz CT molecular complexity index is 591. The van der Waals surface area contributed by atoms with E-state index in [0.29, 0.717) is 24.1 Å². The maximum atomic E-state index is 12.2. The van der Waals surface area contributed by atoms with Crippen LogP contribution in [-0.2, 0) is 9.53 Å². The molecule has 0 bridgehead atoms. The molecule has 0 radical (unpaired) electrons. The molecule has 1 aliphatic heterocycles. The second-order valence-corrected chi connectivity index (χ2v) is 6.29. The van der Waals surface area contributed by atoms with E-state index in [0.717, 1.165) is 19.5 Å². The minimum Gasteiger partial charge on any atom is -0.482 e. The summed E-state index contributed by atoms with van der Waals surface area (Å²) in [5.74, 6) is 0.0762. The van der Waals surface area contributed by atoms with Gasteiger partial charge in [-0.3, -0.25) is 4.90 Å². The molecule has 7 heteroatoms. The number of rotatable bonds is 7. The lowest BCUT2D eigenvalue weighted by atomic mass is 10.2. The summed E-state index contributed by atoms with van der Waals surface area (Å²) >= 11 is 0. The standard InChI is InChI=1S/C18H27N3O4/c1-4-24-17(22)12-25-16-7-5-6-14(10-16)19-18(23)20-15-8-9-21(11-15)13(2)3/h5-7,10,13,15H,4,8-9,11-12H2,1-3H3,(H2,19,20,23). The van der Waals surface area contributed by atoms with Crippen LogP contribution in [0.5, 0.6) is 5.75 Å². The molecule has 2 rings (SSSR count). The van der Waals surface area contributed by atoms with Gasteiger partial charge in [0.15, 0.2) is 6.61 Å². The van der Waals surface area contributed by atoms with Gasteiger partial charge in [0, 0.05) is 36.9 Å². The molecule has 138 valence electrons. The van der Waals surface area contributed by atoms with Gasteiger partial charge in [0.2, 0.25) is 0 Å². The minimum atomic E-state index is -0.422. The molecule has 1 unspecified atom stereocenters. The van der Waals surface area contributed by atoms with Gasteiger partial charge in [0.05, 0.1) is 6.61 Å². The van der Waals surface area contributed by atoms with Gasteiger partial charge in [-0.15, -0.1) is 0 Å². The van der Waals surface area contributed by atoms with Crippen molar-refractivity contribution in [3.05, 3.63) is 24.3 Å². The minimum absolute atomic E-state index is 0.156. The summed E-state index contributed by atoms with van der Waals surface area (Å²) in [5, 5.41) is 5.79. The van der Waals surface area contributed by atoms with E-state index < -0.39 is 5.97 Å². The smallest absolute Gasteiger partial charge is 0.344 e. The summed E-state index contributed by atoms with van der Waals surface area (Å²) in [7, 11) is 0. The average molecular weight is 349 g/mol. The molecule has 1 fully saturated rings. The monoisotopic (exact) mass is 349 g/mol. The molecule has 1 aromatic carbocycles. The van der Waals surface area contributed by atoms with E-state index in [4.69, 9.17) is 9.47 Å². The number of nitrogens with one attached hydrogen (secondary N) is 2. The summed E-state index contributed by atoms with van der Waals surface area (Å²) in [5.41, 5.74) is 0.609. The molecule has 0 spiro atoms. The number of ether oxygens (including phenoxy) is 2. The van der Waals surface area contributed by atoms with E-state index >= 15 is 0 Å². The Kier molecular flexibility index (Phi) is 7.06. The highest BCUT2D eigenvalue weighted by Gasteiger charge is 2.25. The highest BCUT2D eigenvalue weighted by atomic mass is 16.6. The topological polar surface area (TPSA) is 79.9 Å². The molecule has 0 saturated carbocycles. The first-order valence-electron chi connectivity index (χ1n) is 8.68. The van der Waals surface area contributed by atoms with Gasteiger partial charge >= 0.3 is 12.0 Å². The van der Waals surface area contributed by atoms with E-state index in [9.17, 15) is 9.59 Å². The molecule has 1 atom stereocenters. The Labute approximate surface area is 148 Å². The molecule has 1 aliphatic rings. The van der Waals surface area contributed by atoms with Gasteiger partial charge in [-0.25, -0.2) is 9.59 Å². The van der Waals surface area contributed by atoms with Gasteiger partial charge in [0.25, 0.3) is 0 Å². The summed E-state index contributed by atoms with van der Waals surface area (Å²) in [4.78, 5) is 25.8. The second-order valence-electron chi connectivity index (χ2n) is 6.29. The fraction of sp³-hybridized carbons (Fsp3) is 0.556. The number of esters is 1. The van der Waals surface area contributed by atoms with E-state index in [1.54, 1.807) is 31.2 Å². The Balaban J connectivity index is 1.81. The van der Waals surface area contributed by atoms with Crippen LogP contribution >= 0.6 is 0 Å². The van der Waals surface area contributed by atoms with Crippen LogP contribution in [0.2, 0.25) is 0 Å². The Morgan fingerprint density at radius 1 is 1.36 bits per heavy atom. The van der Waals surface area contributed by atoms with Crippen LogP contribution < -0.4 is 15.4 Å². The summed E-state index contributed by atoms with van der Waals surface area (Å²) in [6.07, 6.45) is 0.953. The average Bonchev–Trinajstić information content (AvgIpc) is 3.02. The van der Waals surface area contributed by atoms with Crippen molar-refractivity contribution in [2.24, 2.45) is 0 Å². The molecular formula is C18H27N3O4. The molecule has 1 aromatic rings. The van der Waals surface area contributed by atoms with Crippen LogP contribution in [0.4, 0.5) is 10.5 Å². The first-order valence-corrected chi connectivity index (χ1v) is 8.68. The van der Waals surface area contributed by atoms with Gasteiger partial charge in [-0.05, 0) is 39.3 Å². The third-order valence-corrected chi connectivity index (χ3v) is 4.04. The lowest BCUT2D eigenvalue weighted by molar-refractivity contribution is -0.145. The summed E-state index contributed by atoms with van der Waals surface area (Å²) < 4.78 is 10.2. The first kappa shape index (κ1) is 19.1. The van der Waals surface area contributed by atoms with E-state index in [1.165, 1.54) is 0 Å². The molecule has 7 nitrogen and oxygen atoms in total. The van der Waals surface area contributed by atoms with Crippen LogP contribution in [0.1, 0.15) is 27.2 Å². The number of amides is 2. The number of anilines is 1. The van der Waals surface area contributed by atoms with Crippen molar-refractivity contribution in [3.63, 3.8) is 0 Å². The lowest BCUT2D eigenvalue weighted by Gasteiger charge is -2.20. The molecule has 0 aromatic heterocycles. The van der Waals surface area contributed by atoms with Crippen LogP contribution in [-0.4, -0.2) is 55.3 Å². The molecule has 2 N–H and O–H groups in total. The van der Waals surface area contributed by atoms with Gasteiger partial charge in [-0.1, -0.05) is 6.07 Å². The molecule has 2 amide bonds.